The van der Waals surface area contributed by atoms with E-state index in [1.807, 2.05) is 6.92 Å². The lowest BCUT2D eigenvalue weighted by atomic mass is 9.92. The molecule has 0 unspecified atom stereocenters. The molecule has 3 rings (SSSR count). The van der Waals surface area contributed by atoms with Crippen LogP contribution in [0, 0.1) is 5.92 Å². The van der Waals surface area contributed by atoms with Crippen LogP contribution in [0.5, 0.6) is 0 Å². The molecule has 2 fully saturated rings. The number of hydrogen-bond acceptors (Lipinski definition) is 5. The SMILES string of the molecule is CCN1CC[C@@H](NC2CCN(c3nccn(CC)c3=O)CC2)[C@@H](C)C1. The van der Waals surface area contributed by atoms with Gasteiger partial charge in [-0.2, -0.15) is 0 Å². The fraction of sp³-hybridized carbons (Fsp3) is 0.789. The van der Waals surface area contributed by atoms with Crippen LogP contribution in [0.1, 0.15) is 40.0 Å². The third-order valence-corrected chi connectivity index (χ3v) is 5.92. The van der Waals surface area contributed by atoms with Gasteiger partial charge in [0, 0.05) is 50.7 Å². The Morgan fingerprint density at radius 1 is 1.16 bits per heavy atom. The van der Waals surface area contributed by atoms with Crippen LogP contribution >= 0.6 is 0 Å². The van der Waals surface area contributed by atoms with Crippen LogP contribution in [0.2, 0.25) is 0 Å². The average molecular weight is 348 g/mol. The van der Waals surface area contributed by atoms with Gasteiger partial charge in [0.15, 0.2) is 5.82 Å². The molecule has 0 bridgehead atoms. The van der Waals surface area contributed by atoms with Crippen LogP contribution in [0.15, 0.2) is 17.2 Å². The van der Waals surface area contributed by atoms with Gasteiger partial charge in [-0.05, 0) is 45.2 Å². The summed E-state index contributed by atoms with van der Waals surface area (Å²) in [5, 5.41) is 3.90. The van der Waals surface area contributed by atoms with Crippen LogP contribution in [0.25, 0.3) is 0 Å². The first-order valence-electron chi connectivity index (χ1n) is 9.91. The van der Waals surface area contributed by atoms with E-state index < -0.39 is 0 Å². The van der Waals surface area contributed by atoms with Crippen LogP contribution in [0.4, 0.5) is 5.82 Å². The Kier molecular flexibility index (Phi) is 6.12. The van der Waals surface area contributed by atoms with E-state index in [0.717, 1.165) is 32.5 Å². The molecule has 140 valence electrons. The highest BCUT2D eigenvalue weighted by Gasteiger charge is 2.29. The van der Waals surface area contributed by atoms with E-state index in [1.54, 1.807) is 17.0 Å². The molecule has 2 aliphatic heterocycles. The van der Waals surface area contributed by atoms with E-state index in [1.165, 1.54) is 19.5 Å². The lowest BCUT2D eigenvalue weighted by molar-refractivity contribution is 0.142. The molecule has 0 spiro atoms. The van der Waals surface area contributed by atoms with Gasteiger partial charge in [0.05, 0.1) is 0 Å². The van der Waals surface area contributed by atoms with Crippen LogP contribution in [-0.4, -0.2) is 59.3 Å². The first-order valence-corrected chi connectivity index (χ1v) is 9.91. The summed E-state index contributed by atoms with van der Waals surface area (Å²) in [4.78, 5) is 21.5. The zero-order chi connectivity index (χ0) is 17.8. The topological polar surface area (TPSA) is 53.4 Å². The molecule has 6 heteroatoms. The molecule has 2 aliphatic rings. The molecule has 2 atom stereocenters. The predicted molar refractivity (Wildman–Crippen MR) is 102 cm³/mol. The Morgan fingerprint density at radius 3 is 2.56 bits per heavy atom. The fourth-order valence-corrected chi connectivity index (χ4v) is 4.23. The highest BCUT2D eigenvalue weighted by atomic mass is 16.1. The molecule has 0 aliphatic carbocycles. The van der Waals surface area contributed by atoms with Crippen molar-refractivity contribution < 1.29 is 0 Å². The number of nitrogens with zero attached hydrogens (tertiary/aromatic N) is 4. The molecule has 0 amide bonds. The van der Waals surface area contributed by atoms with Gasteiger partial charge in [0.1, 0.15) is 0 Å². The second-order valence-electron chi connectivity index (χ2n) is 7.54. The first-order chi connectivity index (χ1) is 12.1. The number of hydrogen-bond donors (Lipinski definition) is 1. The van der Waals surface area contributed by atoms with Crippen LogP contribution < -0.4 is 15.8 Å². The van der Waals surface area contributed by atoms with Crippen molar-refractivity contribution in [2.24, 2.45) is 5.92 Å². The minimum absolute atomic E-state index is 0.0389. The third-order valence-electron chi connectivity index (χ3n) is 5.92. The largest absolute Gasteiger partial charge is 0.352 e. The summed E-state index contributed by atoms with van der Waals surface area (Å²) >= 11 is 0. The highest BCUT2D eigenvalue weighted by molar-refractivity contribution is 5.36. The van der Waals surface area contributed by atoms with Gasteiger partial charge in [0.2, 0.25) is 0 Å². The smallest absolute Gasteiger partial charge is 0.293 e. The Morgan fingerprint density at radius 2 is 1.92 bits per heavy atom. The maximum absolute atomic E-state index is 12.4. The molecule has 0 saturated carbocycles. The lowest BCUT2D eigenvalue weighted by Crippen LogP contribution is -2.53. The number of rotatable bonds is 5. The summed E-state index contributed by atoms with van der Waals surface area (Å²) in [6.07, 6.45) is 6.93. The van der Waals surface area contributed by atoms with Gasteiger partial charge in [-0.15, -0.1) is 0 Å². The van der Waals surface area contributed by atoms with Crippen LogP contribution in [-0.2, 0) is 6.54 Å². The minimum Gasteiger partial charge on any atom is -0.352 e. The lowest BCUT2D eigenvalue weighted by Gasteiger charge is -2.41. The predicted octanol–water partition coefficient (Wildman–Crippen LogP) is 1.55. The molecule has 6 nitrogen and oxygen atoms in total. The summed E-state index contributed by atoms with van der Waals surface area (Å²) in [7, 11) is 0. The molecule has 1 N–H and O–H groups in total. The van der Waals surface area contributed by atoms with Crippen molar-refractivity contribution in [3.05, 3.63) is 22.7 Å². The quantitative estimate of drug-likeness (QED) is 0.876. The molecule has 3 heterocycles. The number of piperidine rings is 2. The zero-order valence-electron chi connectivity index (χ0n) is 15.9. The van der Waals surface area contributed by atoms with Gasteiger partial charge >= 0.3 is 0 Å². The van der Waals surface area contributed by atoms with Crippen molar-refractivity contribution in [3.8, 4) is 0 Å². The number of nitrogens with one attached hydrogen (secondary N) is 1. The van der Waals surface area contributed by atoms with Crippen molar-refractivity contribution in [3.63, 3.8) is 0 Å². The van der Waals surface area contributed by atoms with E-state index in [-0.39, 0.29) is 5.56 Å². The summed E-state index contributed by atoms with van der Waals surface area (Å²) in [5.74, 6) is 1.33. The molecular formula is C19H33N5O. The second kappa shape index (κ2) is 8.32. The van der Waals surface area contributed by atoms with Crippen molar-refractivity contribution in [2.75, 3.05) is 37.6 Å². The van der Waals surface area contributed by atoms with E-state index in [0.29, 0.717) is 30.4 Å². The van der Waals surface area contributed by atoms with Gasteiger partial charge in [0.25, 0.3) is 5.56 Å². The molecule has 0 aromatic carbocycles. The molecule has 25 heavy (non-hydrogen) atoms. The van der Waals surface area contributed by atoms with E-state index in [9.17, 15) is 4.79 Å². The average Bonchev–Trinajstić information content (AvgIpc) is 2.64. The number of likely N-dealkylation sites (tertiary alicyclic amines) is 1. The van der Waals surface area contributed by atoms with E-state index in [4.69, 9.17) is 0 Å². The third kappa shape index (κ3) is 4.23. The Balaban J connectivity index is 1.53. The monoisotopic (exact) mass is 347 g/mol. The fourth-order valence-electron chi connectivity index (χ4n) is 4.23. The highest BCUT2D eigenvalue weighted by Crippen LogP contribution is 2.20. The van der Waals surface area contributed by atoms with Crippen molar-refractivity contribution >= 4 is 5.82 Å². The van der Waals surface area contributed by atoms with Gasteiger partial charge < -0.3 is 19.7 Å². The molecule has 2 saturated heterocycles. The maximum Gasteiger partial charge on any atom is 0.293 e. The maximum atomic E-state index is 12.4. The first kappa shape index (κ1) is 18.4. The van der Waals surface area contributed by atoms with Gasteiger partial charge in [-0.3, -0.25) is 4.79 Å². The second-order valence-corrected chi connectivity index (χ2v) is 7.54. The molecular weight excluding hydrogens is 314 g/mol. The number of aryl methyl sites for hydroxylation is 1. The normalized spacial score (nSPS) is 26.1. The van der Waals surface area contributed by atoms with Crippen molar-refractivity contribution in [2.45, 2.75) is 58.7 Å². The van der Waals surface area contributed by atoms with E-state index in [2.05, 4.69) is 33.9 Å². The zero-order valence-corrected chi connectivity index (χ0v) is 15.9. The Hall–Kier alpha value is -1.40. The van der Waals surface area contributed by atoms with E-state index >= 15 is 0 Å². The summed E-state index contributed by atoms with van der Waals surface area (Å²) in [6, 6.07) is 1.19. The van der Waals surface area contributed by atoms with Crippen molar-refractivity contribution in [1.82, 2.24) is 19.8 Å². The van der Waals surface area contributed by atoms with Crippen LogP contribution in [0.3, 0.4) is 0 Å². The Labute approximate surface area is 151 Å². The minimum atomic E-state index is 0.0389. The van der Waals surface area contributed by atoms with Crippen molar-refractivity contribution in [1.29, 1.82) is 0 Å². The summed E-state index contributed by atoms with van der Waals surface area (Å²) < 4.78 is 1.73. The summed E-state index contributed by atoms with van der Waals surface area (Å²) in [5.41, 5.74) is 0.0389. The number of aromatic nitrogens is 2. The number of anilines is 1. The molecule has 0 radical (unpaired) electrons. The van der Waals surface area contributed by atoms with Gasteiger partial charge in [-0.25, -0.2) is 4.98 Å². The summed E-state index contributed by atoms with van der Waals surface area (Å²) in [6.45, 7) is 12.7. The standard InChI is InChI=1S/C19H33N5O/c1-4-22-10-8-17(15(3)14-22)21-16-6-11-24(12-7-16)18-19(25)23(5-2)13-9-20-18/h9,13,15-17,21H,4-8,10-12,14H2,1-3H3/t15-,17+/m0/s1. The Bertz CT molecular complexity index is 608. The van der Waals surface area contributed by atoms with Gasteiger partial charge in [-0.1, -0.05) is 13.8 Å². The molecule has 1 aromatic rings. The molecule has 1 aromatic heterocycles.